The summed E-state index contributed by atoms with van der Waals surface area (Å²) in [5.74, 6) is -3.32. The first kappa shape index (κ1) is 19.9. The Kier molecular flexibility index (Phi) is 7.01. The third kappa shape index (κ3) is 3.60. The van der Waals surface area contributed by atoms with Gasteiger partial charge in [0.25, 0.3) is 0 Å². The van der Waals surface area contributed by atoms with E-state index in [0.29, 0.717) is 0 Å². The average molecular weight is 406 g/mol. The van der Waals surface area contributed by atoms with E-state index in [1.54, 1.807) is 0 Å². The molecule has 3 aromatic carbocycles. The average Bonchev–Trinajstić information content (AvgIpc) is 2.72. The van der Waals surface area contributed by atoms with Gasteiger partial charge in [0.1, 0.15) is 0 Å². The van der Waals surface area contributed by atoms with Crippen LogP contribution in [0.3, 0.4) is 0 Å². The number of nitrogens with zero attached hydrogens (tertiary/aromatic N) is 1. The molecule has 3 aromatic rings. The Morgan fingerprint density at radius 1 is 0.680 bits per heavy atom. The van der Waals surface area contributed by atoms with E-state index >= 15 is 0 Å². The van der Waals surface area contributed by atoms with Crippen LogP contribution >= 0.6 is 37.0 Å². The normalized spacial score (nSPS) is 12.0. The molecule has 0 bridgehead atoms. The van der Waals surface area contributed by atoms with Gasteiger partial charge in [-0.05, 0) is 8.59 Å². The fraction of sp³-hybridized carbons (Fsp3) is 0.0500. The summed E-state index contributed by atoms with van der Waals surface area (Å²) in [6, 6.07) is 32.5. The molecule has 0 fully saturated rings. The fourth-order valence-corrected chi connectivity index (χ4v) is 8.33. The van der Waals surface area contributed by atoms with Crippen LogP contribution in [0.2, 0.25) is 0 Å². The van der Waals surface area contributed by atoms with Gasteiger partial charge in [0.15, 0.2) is 0 Å². The fourth-order valence-electron chi connectivity index (χ4n) is 3.07. The van der Waals surface area contributed by atoms with E-state index < -0.39 is 5.96 Å². The predicted octanol–water partition coefficient (Wildman–Crippen LogP) is 5.21. The number of rotatable bonds is 4. The van der Waals surface area contributed by atoms with Crippen LogP contribution in [0.1, 0.15) is 0 Å². The van der Waals surface area contributed by atoms with E-state index in [2.05, 4.69) is 17.3 Å². The molecule has 0 N–H and O–H groups in total. The van der Waals surface area contributed by atoms with E-state index in [4.69, 9.17) is 11.2 Å². The molecule has 0 saturated heterocycles. The van der Waals surface area contributed by atoms with E-state index in [0.717, 1.165) is 15.9 Å². The minimum atomic E-state index is -3.32. The molecule has 0 aliphatic rings. The van der Waals surface area contributed by atoms with Crippen molar-refractivity contribution in [3.8, 4) is 6.07 Å². The van der Waals surface area contributed by atoms with Crippen LogP contribution < -0.4 is 15.9 Å². The van der Waals surface area contributed by atoms with Crippen LogP contribution in [0.25, 0.3) is 0 Å². The maximum absolute atomic E-state index is 9.65. The second-order valence-corrected chi connectivity index (χ2v) is 12.0. The molecule has 1 unspecified atom stereocenters. The molecule has 0 amide bonds. The molecule has 1 atom stereocenters. The van der Waals surface area contributed by atoms with E-state index in [9.17, 15) is 5.26 Å². The SMILES string of the molecule is N#CCP(Cl)(c1ccccc1)(c1ccccc1)c1ccccc1.PCl. The van der Waals surface area contributed by atoms with Crippen LogP contribution in [-0.2, 0) is 0 Å². The Bertz CT molecular complexity index is 734. The van der Waals surface area contributed by atoms with Crippen molar-refractivity contribution in [2.24, 2.45) is 0 Å². The Balaban J connectivity index is 0.00000109. The minimum absolute atomic E-state index is 0.269. The zero-order valence-corrected chi connectivity index (χ0v) is 17.2. The summed E-state index contributed by atoms with van der Waals surface area (Å²) in [5.41, 5.74) is 0. The number of hydrogen-bond acceptors (Lipinski definition) is 1. The van der Waals surface area contributed by atoms with Gasteiger partial charge in [-0.15, -0.1) is 11.2 Å². The third-order valence-corrected chi connectivity index (χ3v) is 11.2. The Hall–Kier alpha value is -1.41. The molecular weight excluding hydrogens is 387 g/mol. The molecule has 5 heteroatoms. The number of nitriles is 1. The molecule has 128 valence electrons. The summed E-state index contributed by atoms with van der Waals surface area (Å²) < 4.78 is 0. The molecule has 0 aliphatic heterocycles. The van der Waals surface area contributed by atoms with Crippen molar-refractivity contribution in [2.45, 2.75) is 0 Å². The van der Waals surface area contributed by atoms with Gasteiger partial charge in [0.05, 0.1) is 0 Å². The van der Waals surface area contributed by atoms with Crippen molar-refractivity contribution in [2.75, 3.05) is 6.16 Å². The Morgan fingerprint density at radius 3 is 1.20 bits per heavy atom. The molecule has 0 radical (unpaired) electrons. The summed E-state index contributed by atoms with van der Waals surface area (Å²) in [6.07, 6.45) is 0.269. The van der Waals surface area contributed by atoms with Gasteiger partial charge < -0.3 is 0 Å². The second kappa shape index (κ2) is 8.80. The number of halogens is 2. The van der Waals surface area contributed by atoms with Gasteiger partial charge in [-0.25, -0.2) is 0 Å². The maximum Gasteiger partial charge on any atom is -0.0393 e. The van der Waals surface area contributed by atoms with Crippen LogP contribution in [0, 0.1) is 11.3 Å². The van der Waals surface area contributed by atoms with Gasteiger partial charge in [-0.1, -0.05) is 0 Å². The second-order valence-electron chi connectivity index (χ2n) is 5.51. The molecular formula is C20H19Cl2NP2. The van der Waals surface area contributed by atoms with Crippen LogP contribution in [0.5, 0.6) is 0 Å². The molecule has 1 nitrogen and oxygen atoms in total. The predicted molar refractivity (Wildman–Crippen MR) is 117 cm³/mol. The van der Waals surface area contributed by atoms with Crippen LogP contribution in [-0.4, -0.2) is 6.16 Å². The molecule has 0 heterocycles. The molecule has 0 saturated carbocycles. The topological polar surface area (TPSA) is 23.8 Å². The maximum atomic E-state index is 9.65. The Morgan fingerprint density at radius 2 is 0.960 bits per heavy atom. The van der Waals surface area contributed by atoms with Gasteiger partial charge in [-0.3, -0.25) is 0 Å². The number of hydrogen-bond donors (Lipinski definition) is 0. The summed E-state index contributed by atoms with van der Waals surface area (Å²) >= 11 is 12.1. The van der Waals surface area contributed by atoms with E-state index in [-0.39, 0.29) is 6.16 Å². The molecule has 0 aliphatic carbocycles. The minimum Gasteiger partial charge on any atom is -0.104 e. The smallest absolute Gasteiger partial charge is 0.0393 e. The summed E-state index contributed by atoms with van der Waals surface area (Å²) in [5, 5.41) is 12.7. The van der Waals surface area contributed by atoms with Gasteiger partial charge in [-0.2, -0.15) is 0 Å². The summed E-state index contributed by atoms with van der Waals surface area (Å²) in [6.45, 7) is 0. The van der Waals surface area contributed by atoms with Crippen molar-refractivity contribution >= 4 is 52.9 Å². The zero-order valence-electron chi connectivity index (χ0n) is 13.6. The van der Waals surface area contributed by atoms with Gasteiger partial charge in [0, 0.05) is 0 Å². The third-order valence-electron chi connectivity index (χ3n) is 4.25. The van der Waals surface area contributed by atoms with Crippen molar-refractivity contribution < 1.29 is 0 Å². The van der Waals surface area contributed by atoms with Crippen molar-refractivity contribution in [3.63, 3.8) is 0 Å². The first-order valence-corrected chi connectivity index (χ1v) is 12.8. The first-order valence-electron chi connectivity index (χ1n) is 7.68. The molecule has 3 rings (SSSR count). The van der Waals surface area contributed by atoms with Crippen LogP contribution in [0.4, 0.5) is 0 Å². The van der Waals surface area contributed by atoms with Crippen molar-refractivity contribution in [1.82, 2.24) is 0 Å². The molecule has 0 aromatic heterocycles. The summed E-state index contributed by atoms with van der Waals surface area (Å²) in [7, 11) is 1.89. The van der Waals surface area contributed by atoms with E-state index in [1.165, 1.54) is 0 Å². The standard InChI is InChI=1S/C20H17ClNP.ClH2P/c21-23(17-16-22,18-10-4-1-5-11-18,19-12-6-2-7-13-19)20-14-8-3-9-15-20;1-2/h1-15H,17H2;2H2. The van der Waals surface area contributed by atoms with Crippen molar-refractivity contribution in [1.29, 1.82) is 5.26 Å². The molecule has 0 spiro atoms. The monoisotopic (exact) mass is 405 g/mol. The molecule has 25 heavy (non-hydrogen) atoms. The number of benzene rings is 3. The largest absolute Gasteiger partial charge is 0.104 e. The first-order chi connectivity index (χ1) is 12.2. The zero-order chi connectivity index (χ0) is 18.2. The summed E-state index contributed by atoms with van der Waals surface area (Å²) in [4.78, 5) is 0. The Labute approximate surface area is 161 Å². The quantitative estimate of drug-likeness (QED) is 0.546. The van der Waals surface area contributed by atoms with Crippen LogP contribution in [0.15, 0.2) is 91.0 Å². The van der Waals surface area contributed by atoms with Gasteiger partial charge >= 0.3 is 142 Å². The van der Waals surface area contributed by atoms with Crippen molar-refractivity contribution in [3.05, 3.63) is 91.0 Å². The van der Waals surface area contributed by atoms with Gasteiger partial charge in [0.2, 0.25) is 0 Å². The van der Waals surface area contributed by atoms with E-state index in [1.807, 2.05) is 99.6 Å².